The number of halogens is 3. The summed E-state index contributed by atoms with van der Waals surface area (Å²) in [6, 6.07) is 5.78. The Kier molecular flexibility index (Phi) is 3.80. The highest BCUT2D eigenvalue weighted by atomic mass is 19.4. The maximum absolute atomic E-state index is 12.4. The van der Waals surface area contributed by atoms with Crippen molar-refractivity contribution in [3.05, 3.63) is 30.5 Å². The van der Waals surface area contributed by atoms with E-state index in [-0.39, 0.29) is 5.75 Å². The number of aromatic nitrogens is 1. The lowest BCUT2D eigenvalue weighted by Crippen LogP contribution is -2.41. The van der Waals surface area contributed by atoms with E-state index in [4.69, 9.17) is 9.31 Å². The van der Waals surface area contributed by atoms with Gasteiger partial charge in [-0.15, -0.1) is 13.2 Å². The number of fused-ring (bicyclic) bond motifs is 1. The predicted octanol–water partition coefficient (Wildman–Crippen LogP) is 3.43. The molecular formula is C16H17BF3NO3. The van der Waals surface area contributed by atoms with Crippen molar-refractivity contribution in [3.8, 4) is 5.75 Å². The van der Waals surface area contributed by atoms with E-state index in [1.54, 1.807) is 6.07 Å². The van der Waals surface area contributed by atoms with Crippen molar-refractivity contribution in [2.75, 3.05) is 0 Å². The van der Waals surface area contributed by atoms with Crippen molar-refractivity contribution in [2.24, 2.45) is 0 Å². The average Bonchev–Trinajstić information content (AvgIpc) is 2.64. The maximum Gasteiger partial charge on any atom is 0.573 e. The number of rotatable bonds is 2. The SMILES string of the molecule is CC1(C)OB(c2ccnc3cc(OC(F)(F)F)ccc23)OC1(C)C. The minimum atomic E-state index is -4.74. The quantitative estimate of drug-likeness (QED) is 0.786. The smallest absolute Gasteiger partial charge is 0.406 e. The van der Waals surface area contributed by atoms with Gasteiger partial charge in [0.1, 0.15) is 5.75 Å². The molecule has 24 heavy (non-hydrogen) atoms. The first kappa shape index (κ1) is 17.0. The molecule has 1 saturated heterocycles. The van der Waals surface area contributed by atoms with Gasteiger partial charge in [-0.05, 0) is 51.4 Å². The topological polar surface area (TPSA) is 40.6 Å². The molecule has 1 aliphatic heterocycles. The molecule has 4 nitrogen and oxygen atoms in total. The van der Waals surface area contributed by atoms with Crippen LogP contribution in [-0.4, -0.2) is 29.7 Å². The molecule has 0 unspecified atom stereocenters. The first-order valence-electron chi connectivity index (χ1n) is 7.49. The largest absolute Gasteiger partial charge is 0.573 e. The normalized spacial score (nSPS) is 19.7. The first-order valence-corrected chi connectivity index (χ1v) is 7.49. The molecule has 3 rings (SSSR count). The molecule has 128 valence electrons. The summed E-state index contributed by atoms with van der Waals surface area (Å²) in [5, 5.41) is 0.658. The Morgan fingerprint density at radius 3 is 2.25 bits per heavy atom. The van der Waals surface area contributed by atoms with Gasteiger partial charge in [-0.2, -0.15) is 0 Å². The van der Waals surface area contributed by atoms with Crippen molar-refractivity contribution in [1.82, 2.24) is 4.98 Å². The van der Waals surface area contributed by atoms with Gasteiger partial charge in [-0.1, -0.05) is 0 Å². The van der Waals surface area contributed by atoms with Crippen LogP contribution < -0.4 is 10.2 Å². The summed E-state index contributed by atoms with van der Waals surface area (Å²) >= 11 is 0. The Hall–Kier alpha value is -1.80. The van der Waals surface area contributed by atoms with Crippen molar-refractivity contribution in [1.29, 1.82) is 0 Å². The van der Waals surface area contributed by atoms with Gasteiger partial charge in [0.05, 0.1) is 16.7 Å². The van der Waals surface area contributed by atoms with Gasteiger partial charge in [0, 0.05) is 17.6 Å². The van der Waals surface area contributed by atoms with Gasteiger partial charge < -0.3 is 14.0 Å². The molecule has 2 aromatic rings. The summed E-state index contributed by atoms with van der Waals surface area (Å²) in [7, 11) is -0.616. The van der Waals surface area contributed by atoms with E-state index < -0.39 is 24.7 Å². The highest BCUT2D eigenvalue weighted by Gasteiger charge is 2.52. The zero-order valence-electron chi connectivity index (χ0n) is 13.8. The first-order chi connectivity index (χ1) is 11.0. The minimum absolute atomic E-state index is 0.312. The minimum Gasteiger partial charge on any atom is -0.406 e. The fourth-order valence-corrected chi connectivity index (χ4v) is 2.52. The monoisotopic (exact) mass is 339 g/mol. The second kappa shape index (κ2) is 5.36. The maximum atomic E-state index is 12.4. The Bertz CT molecular complexity index is 761. The summed E-state index contributed by atoms with van der Waals surface area (Å²) in [4.78, 5) is 4.12. The van der Waals surface area contributed by atoms with Crippen LogP contribution in [0, 0.1) is 0 Å². The van der Waals surface area contributed by atoms with Gasteiger partial charge in [0.25, 0.3) is 0 Å². The number of hydrogen-bond donors (Lipinski definition) is 0. The van der Waals surface area contributed by atoms with Crippen LogP contribution in [0.4, 0.5) is 13.2 Å². The molecule has 2 heterocycles. The number of hydrogen-bond acceptors (Lipinski definition) is 4. The highest BCUT2D eigenvalue weighted by molar-refractivity contribution is 6.65. The molecule has 1 aromatic carbocycles. The second-order valence-corrected chi connectivity index (χ2v) is 6.72. The Morgan fingerprint density at radius 1 is 1.04 bits per heavy atom. The third-order valence-electron chi connectivity index (χ3n) is 4.49. The average molecular weight is 339 g/mol. The van der Waals surface area contributed by atoms with Crippen LogP contribution in [0.2, 0.25) is 0 Å². The molecule has 1 aliphatic rings. The number of benzene rings is 1. The molecule has 0 saturated carbocycles. The fraction of sp³-hybridized carbons (Fsp3) is 0.438. The third-order valence-corrected chi connectivity index (χ3v) is 4.49. The number of pyridine rings is 1. The highest BCUT2D eigenvalue weighted by Crippen LogP contribution is 2.37. The predicted molar refractivity (Wildman–Crippen MR) is 84.1 cm³/mol. The molecule has 0 atom stereocenters. The Labute approximate surface area is 138 Å². The van der Waals surface area contributed by atoms with Crippen LogP contribution in [0.25, 0.3) is 10.9 Å². The van der Waals surface area contributed by atoms with E-state index in [9.17, 15) is 13.2 Å². The third kappa shape index (κ3) is 3.08. The summed E-state index contributed by atoms with van der Waals surface area (Å²) in [6.45, 7) is 7.74. The Morgan fingerprint density at radius 2 is 1.67 bits per heavy atom. The number of ether oxygens (including phenoxy) is 1. The molecule has 0 aliphatic carbocycles. The molecule has 8 heteroatoms. The number of nitrogens with zero attached hydrogens (tertiary/aromatic N) is 1. The zero-order valence-corrected chi connectivity index (χ0v) is 13.8. The van der Waals surface area contributed by atoms with E-state index in [2.05, 4.69) is 9.72 Å². The summed E-state index contributed by atoms with van der Waals surface area (Å²) in [5.41, 5.74) is 0.0836. The fourth-order valence-electron chi connectivity index (χ4n) is 2.52. The van der Waals surface area contributed by atoms with Crippen LogP contribution in [0.5, 0.6) is 5.75 Å². The molecule has 0 amide bonds. The van der Waals surface area contributed by atoms with E-state index >= 15 is 0 Å². The molecule has 1 aromatic heterocycles. The van der Waals surface area contributed by atoms with Gasteiger partial charge in [0.2, 0.25) is 0 Å². The van der Waals surface area contributed by atoms with Gasteiger partial charge >= 0.3 is 13.5 Å². The van der Waals surface area contributed by atoms with Crippen molar-refractivity contribution >= 4 is 23.5 Å². The van der Waals surface area contributed by atoms with E-state index in [0.29, 0.717) is 10.9 Å². The Balaban J connectivity index is 1.99. The summed E-state index contributed by atoms with van der Waals surface area (Å²) in [5.74, 6) is -0.312. The van der Waals surface area contributed by atoms with Crippen LogP contribution in [0.3, 0.4) is 0 Å². The van der Waals surface area contributed by atoms with Crippen LogP contribution in [0.1, 0.15) is 27.7 Å². The molecule has 0 spiro atoms. The second-order valence-electron chi connectivity index (χ2n) is 6.72. The van der Waals surface area contributed by atoms with E-state index in [0.717, 1.165) is 5.46 Å². The van der Waals surface area contributed by atoms with Crippen LogP contribution in [0.15, 0.2) is 30.5 Å². The lowest BCUT2D eigenvalue weighted by Gasteiger charge is -2.32. The van der Waals surface area contributed by atoms with Gasteiger partial charge in [-0.25, -0.2) is 0 Å². The molecular weight excluding hydrogens is 322 g/mol. The number of alkyl halides is 3. The van der Waals surface area contributed by atoms with Crippen molar-refractivity contribution < 1.29 is 27.2 Å². The van der Waals surface area contributed by atoms with E-state index in [1.807, 2.05) is 27.7 Å². The van der Waals surface area contributed by atoms with Crippen molar-refractivity contribution in [3.63, 3.8) is 0 Å². The van der Waals surface area contributed by atoms with Crippen molar-refractivity contribution in [2.45, 2.75) is 45.3 Å². The summed E-state index contributed by atoms with van der Waals surface area (Å²) in [6.07, 6.45) is -3.23. The molecule has 0 radical (unpaired) electrons. The lowest BCUT2D eigenvalue weighted by atomic mass is 9.77. The lowest BCUT2D eigenvalue weighted by molar-refractivity contribution is -0.274. The van der Waals surface area contributed by atoms with Crippen LogP contribution in [-0.2, 0) is 9.31 Å². The van der Waals surface area contributed by atoms with Gasteiger partial charge in [-0.3, -0.25) is 4.98 Å². The summed E-state index contributed by atoms with van der Waals surface area (Å²) < 4.78 is 53.0. The van der Waals surface area contributed by atoms with Crippen LogP contribution >= 0.6 is 0 Å². The molecule has 1 fully saturated rings. The standard InChI is InChI=1S/C16H17BF3NO3/c1-14(2)15(3,4)24-17(23-14)12-7-8-21-13-9-10(5-6-11(12)13)22-16(18,19)20/h5-9H,1-4H3. The zero-order chi connectivity index (χ0) is 17.8. The van der Waals surface area contributed by atoms with Gasteiger partial charge in [0.15, 0.2) is 0 Å². The molecule has 0 bridgehead atoms. The van der Waals surface area contributed by atoms with E-state index in [1.165, 1.54) is 24.4 Å². The molecule has 0 N–H and O–H groups in total.